The van der Waals surface area contributed by atoms with Crippen LogP contribution in [0.25, 0.3) is 0 Å². The van der Waals surface area contributed by atoms with Crippen LogP contribution in [0.5, 0.6) is 0 Å². The van der Waals surface area contributed by atoms with Gasteiger partial charge in [0.15, 0.2) is 0 Å². The quantitative estimate of drug-likeness (QED) is 0.472. The molecular formula is C24H26N4O4. The van der Waals surface area contributed by atoms with Gasteiger partial charge in [-0.05, 0) is 73.8 Å². The van der Waals surface area contributed by atoms with E-state index in [9.17, 15) is 9.59 Å². The lowest BCUT2D eigenvalue weighted by molar-refractivity contribution is -0.138. The first kappa shape index (κ1) is 21.5. The van der Waals surface area contributed by atoms with Crippen molar-refractivity contribution in [1.29, 1.82) is 0 Å². The summed E-state index contributed by atoms with van der Waals surface area (Å²) in [6, 6.07) is 15.6. The molecule has 1 fully saturated rings. The first-order valence-corrected chi connectivity index (χ1v) is 10.8. The molecule has 4 rings (SSSR count). The standard InChI is InChI=1S/C24H26N4O4/c1-15-4-2-3-5-20(15)26-24-28-27-23(32-24)22(31)25-19-12-10-18(11-13-19)17-8-6-16(7-9-17)14-21(29)30/h2-5,10-13,16-17H,6-9,14H2,1H3,(H,25,31)(H,26,28)(H,29,30)/t16-,17-. The zero-order valence-electron chi connectivity index (χ0n) is 17.9. The van der Waals surface area contributed by atoms with Gasteiger partial charge in [0.25, 0.3) is 0 Å². The van der Waals surface area contributed by atoms with E-state index in [2.05, 4.69) is 20.8 Å². The number of carbonyl (C=O) groups excluding carboxylic acids is 1. The number of amides is 1. The average molecular weight is 434 g/mol. The number of nitrogens with one attached hydrogen (secondary N) is 2. The number of nitrogens with zero attached hydrogens (tertiary/aromatic N) is 2. The molecule has 8 nitrogen and oxygen atoms in total. The van der Waals surface area contributed by atoms with E-state index < -0.39 is 11.9 Å². The van der Waals surface area contributed by atoms with Crippen molar-refractivity contribution >= 4 is 29.3 Å². The largest absolute Gasteiger partial charge is 0.481 e. The van der Waals surface area contributed by atoms with E-state index in [0.29, 0.717) is 11.6 Å². The third-order valence-corrected chi connectivity index (χ3v) is 5.96. The molecule has 1 aromatic heterocycles. The summed E-state index contributed by atoms with van der Waals surface area (Å²) in [6.07, 6.45) is 4.11. The monoisotopic (exact) mass is 434 g/mol. The third kappa shape index (κ3) is 5.32. The van der Waals surface area contributed by atoms with Crippen LogP contribution in [-0.2, 0) is 4.79 Å². The lowest BCUT2D eigenvalue weighted by Crippen LogP contribution is -2.16. The summed E-state index contributed by atoms with van der Waals surface area (Å²) in [5, 5.41) is 22.5. The molecule has 1 heterocycles. The minimum atomic E-state index is -0.715. The fraction of sp³-hybridized carbons (Fsp3) is 0.333. The van der Waals surface area contributed by atoms with Gasteiger partial charge in [-0.1, -0.05) is 35.4 Å². The summed E-state index contributed by atoms with van der Waals surface area (Å²) in [4.78, 5) is 23.4. The molecule has 1 aliphatic rings. The molecule has 0 bridgehead atoms. The number of hydrogen-bond acceptors (Lipinski definition) is 6. The maximum atomic E-state index is 12.5. The van der Waals surface area contributed by atoms with Crippen LogP contribution in [0, 0.1) is 12.8 Å². The van der Waals surface area contributed by atoms with Crippen molar-refractivity contribution in [2.24, 2.45) is 5.92 Å². The lowest BCUT2D eigenvalue weighted by atomic mass is 9.77. The van der Waals surface area contributed by atoms with E-state index in [4.69, 9.17) is 9.52 Å². The van der Waals surface area contributed by atoms with Gasteiger partial charge in [0, 0.05) is 17.8 Å². The number of benzene rings is 2. The van der Waals surface area contributed by atoms with Crippen LogP contribution in [0.3, 0.4) is 0 Å². The van der Waals surface area contributed by atoms with Gasteiger partial charge in [0.05, 0.1) is 0 Å². The highest BCUT2D eigenvalue weighted by atomic mass is 16.4. The Morgan fingerprint density at radius 2 is 1.75 bits per heavy atom. The minimum absolute atomic E-state index is 0.123. The molecule has 32 heavy (non-hydrogen) atoms. The number of rotatable bonds is 7. The van der Waals surface area contributed by atoms with Crippen molar-refractivity contribution in [1.82, 2.24) is 10.2 Å². The number of aryl methyl sites for hydroxylation is 1. The van der Waals surface area contributed by atoms with Gasteiger partial charge in [-0.2, -0.15) is 0 Å². The molecule has 3 aromatic rings. The fourth-order valence-electron chi connectivity index (χ4n) is 4.16. The highest BCUT2D eigenvalue weighted by molar-refractivity contribution is 6.00. The van der Waals surface area contributed by atoms with E-state index in [0.717, 1.165) is 36.9 Å². The van der Waals surface area contributed by atoms with Crippen molar-refractivity contribution in [3.05, 3.63) is 65.5 Å². The minimum Gasteiger partial charge on any atom is -0.481 e. The van der Waals surface area contributed by atoms with E-state index in [-0.39, 0.29) is 24.2 Å². The van der Waals surface area contributed by atoms with E-state index >= 15 is 0 Å². The second-order valence-corrected chi connectivity index (χ2v) is 8.24. The first-order valence-electron chi connectivity index (χ1n) is 10.8. The van der Waals surface area contributed by atoms with E-state index in [1.165, 1.54) is 5.56 Å². The molecular weight excluding hydrogens is 408 g/mol. The predicted octanol–water partition coefficient (Wildman–Crippen LogP) is 5.12. The molecule has 0 aliphatic heterocycles. The summed E-state index contributed by atoms with van der Waals surface area (Å²) in [5.41, 5.74) is 3.70. The van der Waals surface area contributed by atoms with Gasteiger partial charge < -0.3 is 20.2 Å². The first-order chi connectivity index (χ1) is 15.5. The Labute approximate surface area is 186 Å². The highest BCUT2D eigenvalue weighted by Gasteiger charge is 2.24. The zero-order chi connectivity index (χ0) is 22.5. The maximum Gasteiger partial charge on any atom is 0.320 e. The molecule has 0 spiro atoms. The third-order valence-electron chi connectivity index (χ3n) is 5.96. The Morgan fingerprint density at radius 1 is 1.03 bits per heavy atom. The molecule has 1 amide bonds. The number of para-hydroxylation sites is 1. The lowest BCUT2D eigenvalue weighted by Gasteiger charge is -2.28. The average Bonchev–Trinajstić information content (AvgIpc) is 3.25. The van der Waals surface area contributed by atoms with Crippen LogP contribution >= 0.6 is 0 Å². The van der Waals surface area contributed by atoms with Crippen molar-refractivity contribution in [3.63, 3.8) is 0 Å². The van der Waals surface area contributed by atoms with Crippen molar-refractivity contribution in [2.75, 3.05) is 10.6 Å². The summed E-state index contributed by atoms with van der Waals surface area (Å²) < 4.78 is 5.45. The van der Waals surface area contributed by atoms with Crippen molar-refractivity contribution in [2.45, 2.75) is 44.9 Å². The predicted molar refractivity (Wildman–Crippen MR) is 120 cm³/mol. The van der Waals surface area contributed by atoms with Crippen LogP contribution in [-0.4, -0.2) is 27.2 Å². The van der Waals surface area contributed by atoms with Gasteiger partial charge in [-0.25, -0.2) is 0 Å². The van der Waals surface area contributed by atoms with Crippen LogP contribution in [0.15, 0.2) is 52.9 Å². The maximum absolute atomic E-state index is 12.5. The van der Waals surface area contributed by atoms with Crippen LogP contribution in [0.1, 0.15) is 59.8 Å². The molecule has 3 N–H and O–H groups in total. The highest BCUT2D eigenvalue weighted by Crippen LogP contribution is 2.37. The topological polar surface area (TPSA) is 117 Å². The molecule has 0 radical (unpaired) electrons. The van der Waals surface area contributed by atoms with Crippen LogP contribution in [0.4, 0.5) is 17.4 Å². The summed E-state index contributed by atoms with van der Waals surface area (Å²) in [6.45, 7) is 1.96. The summed E-state index contributed by atoms with van der Waals surface area (Å²) in [7, 11) is 0. The van der Waals surface area contributed by atoms with Gasteiger partial charge in [0.1, 0.15) is 0 Å². The molecule has 0 atom stereocenters. The van der Waals surface area contributed by atoms with Crippen LogP contribution < -0.4 is 10.6 Å². The Bertz CT molecular complexity index is 1090. The summed E-state index contributed by atoms with van der Waals surface area (Å²) in [5.74, 6) is -0.607. The second-order valence-electron chi connectivity index (χ2n) is 8.24. The number of anilines is 3. The Morgan fingerprint density at radius 3 is 2.44 bits per heavy atom. The SMILES string of the molecule is Cc1ccccc1Nc1nnc(C(=O)Nc2ccc([C@H]3CC[C@H](CC(=O)O)CC3)cc2)o1. The van der Waals surface area contributed by atoms with Crippen LogP contribution in [0.2, 0.25) is 0 Å². The number of aromatic nitrogens is 2. The second kappa shape index (κ2) is 9.64. The number of carboxylic acids is 1. The number of carbonyl (C=O) groups is 2. The smallest absolute Gasteiger partial charge is 0.320 e. The molecule has 8 heteroatoms. The molecule has 166 valence electrons. The fourth-order valence-corrected chi connectivity index (χ4v) is 4.16. The van der Waals surface area contributed by atoms with Crippen molar-refractivity contribution in [3.8, 4) is 0 Å². The van der Waals surface area contributed by atoms with Gasteiger partial charge in [-0.3, -0.25) is 9.59 Å². The zero-order valence-corrected chi connectivity index (χ0v) is 17.9. The molecule has 0 saturated heterocycles. The number of carboxylic acid groups (broad SMARTS) is 1. The summed E-state index contributed by atoms with van der Waals surface area (Å²) >= 11 is 0. The number of hydrogen-bond donors (Lipinski definition) is 3. The molecule has 0 unspecified atom stereocenters. The Kier molecular flexibility index (Phi) is 6.49. The van der Waals surface area contributed by atoms with E-state index in [1.54, 1.807) is 0 Å². The molecule has 1 saturated carbocycles. The van der Waals surface area contributed by atoms with Gasteiger partial charge >= 0.3 is 23.8 Å². The molecule has 1 aliphatic carbocycles. The molecule has 2 aromatic carbocycles. The normalized spacial score (nSPS) is 18.2. The Balaban J connectivity index is 1.32. The van der Waals surface area contributed by atoms with E-state index in [1.807, 2.05) is 55.5 Å². The van der Waals surface area contributed by atoms with Gasteiger partial charge in [0.2, 0.25) is 0 Å². The Hall–Kier alpha value is -3.68. The van der Waals surface area contributed by atoms with Crippen molar-refractivity contribution < 1.29 is 19.1 Å². The number of aliphatic carboxylic acids is 1. The van der Waals surface area contributed by atoms with Gasteiger partial charge in [-0.15, -0.1) is 5.10 Å².